The van der Waals surface area contributed by atoms with Crippen molar-refractivity contribution in [2.24, 2.45) is 0 Å². The normalized spacial score (nSPS) is 10.3. The maximum absolute atomic E-state index is 13.3. The summed E-state index contributed by atoms with van der Waals surface area (Å²) in [6, 6.07) is 4.09. The number of fused-ring (bicyclic) bond motifs is 1. The van der Waals surface area contributed by atoms with Crippen molar-refractivity contribution in [3.8, 4) is 6.07 Å². The summed E-state index contributed by atoms with van der Waals surface area (Å²) in [4.78, 5) is 3.95. The minimum Gasteiger partial charge on any atom is -0.383 e. The lowest BCUT2D eigenvalue weighted by molar-refractivity contribution is 0.510. The van der Waals surface area contributed by atoms with E-state index in [2.05, 4.69) is 10.3 Å². The topological polar surface area (TPSA) is 48.7 Å². The van der Waals surface area contributed by atoms with Gasteiger partial charge in [-0.15, -0.1) is 0 Å². The third kappa shape index (κ3) is 2.09. The number of hydrogen-bond donors (Lipinski definition) is 1. The van der Waals surface area contributed by atoms with E-state index in [1.165, 1.54) is 6.20 Å². The highest BCUT2D eigenvalue weighted by Gasteiger charge is 2.12. The molecule has 0 atom stereocenters. The van der Waals surface area contributed by atoms with Crippen molar-refractivity contribution in [2.75, 3.05) is 11.9 Å². The number of nitriles is 1. The summed E-state index contributed by atoms with van der Waals surface area (Å²) in [5.41, 5.74) is 1.15. The van der Waals surface area contributed by atoms with E-state index in [1.807, 2.05) is 13.0 Å². The molecule has 1 N–H and O–H groups in total. The number of pyridine rings is 1. The largest absolute Gasteiger partial charge is 0.383 e. The van der Waals surface area contributed by atoms with Crippen LogP contribution in [0.5, 0.6) is 0 Å². The standard InChI is InChI=1S/C13H11F2N3/c1-2-3-17-13-8(6-16)7-18-12-5-11(15)10(14)4-9(12)13/h4-5,7H,2-3H2,1H3,(H,17,18). The van der Waals surface area contributed by atoms with E-state index >= 15 is 0 Å². The van der Waals surface area contributed by atoms with Crippen LogP contribution in [-0.2, 0) is 0 Å². The second-order valence-electron chi connectivity index (χ2n) is 3.87. The molecule has 5 heteroatoms. The Balaban J connectivity index is 2.68. The zero-order valence-corrected chi connectivity index (χ0v) is 9.80. The van der Waals surface area contributed by atoms with Crippen molar-refractivity contribution in [1.29, 1.82) is 5.26 Å². The maximum Gasteiger partial charge on any atom is 0.161 e. The van der Waals surface area contributed by atoms with Gasteiger partial charge in [-0.05, 0) is 12.5 Å². The van der Waals surface area contributed by atoms with Crippen LogP contribution in [0.15, 0.2) is 18.3 Å². The summed E-state index contributed by atoms with van der Waals surface area (Å²) in [7, 11) is 0. The molecule has 2 aromatic rings. The Bertz CT molecular complexity index is 632. The van der Waals surface area contributed by atoms with Crippen LogP contribution >= 0.6 is 0 Å². The van der Waals surface area contributed by atoms with Crippen LogP contribution in [0.1, 0.15) is 18.9 Å². The quantitative estimate of drug-likeness (QED) is 0.906. The van der Waals surface area contributed by atoms with Gasteiger partial charge in [-0.2, -0.15) is 5.26 Å². The Morgan fingerprint density at radius 3 is 2.72 bits per heavy atom. The Kier molecular flexibility index (Phi) is 3.38. The number of anilines is 1. The minimum absolute atomic E-state index is 0.321. The van der Waals surface area contributed by atoms with Gasteiger partial charge in [-0.3, -0.25) is 4.98 Å². The summed E-state index contributed by atoms with van der Waals surface area (Å²) in [6.45, 7) is 2.62. The molecule has 1 aromatic carbocycles. The molecule has 1 heterocycles. The predicted octanol–water partition coefficient (Wildman–Crippen LogP) is 3.21. The van der Waals surface area contributed by atoms with Crippen LogP contribution in [0, 0.1) is 23.0 Å². The fourth-order valence-electron chi connectivity index (χ4n) is 1.71. The number of nitrogens with zero attached hydrogens (tertiary/aromatic N) is 2. The molecule has 2 rings (SSSR count). The van der Waals surface area contributed by atoms with Gasteiger partial charge < -0.3 is 5.32 Å². The van der Waals surface area contributed by atoms with Gasteiger partial charge in [0.1, 0.15) is 6.07 Å². The highest BCUT2D eigenvalue weighted by Crippen LogP contribution is 2.27. The van der Waals surface area contributed by atoms with Gasteiger partial charge in [0.15, 0.2) is 11.6 Å². The summed E-state index contributed by atoms with van der Waals surface area (Å²) in [5.74, 6) is -1.89. The van der Waals surface area contributed by atoms with Crippen molar-refractivity contribution in [1.82, 2.24) is 4.98 Å². The first-order chi connectivity index (χ1) is 8.67. The van der Waals surface area contributed by atoms with Gasteiger partial charge in [0.05, 0.1) is 16.8 Å². The Morgan fingerprint density at radius 2 is 2.06 bits per heavy atom. The monoisotopic (exact) mass is 247 g/mol. The molecule has 3 nitrogen and oxygen atoms in total. The first-order valence-corrected chi connectivity index (χ1v) is 5.59. The summed E-state index contributed by atoms with van der Waals surface area (Å²) >= 11 is 0. The van der Waals surface area contributed by atoms with E-state index in [0.29, 0.717) is 28.7 Å². The lowest BCUT2D eigenvalue weighted by Gasteiger charge is -2.10. The van der Waals surface area contributed by atoms with E-state index in [1.54, 1.807) is 0 Å². The van der Waals surface area contributed by atoms with Crippen LogP contribution in [0.2, 0.25) is 0 Å². The van der Waals surface area contributed by atoms with Gasteiger partial charge >= 0.3 is 0 Å². The SMILES string of the molecule is CCCNc1c(C#N)cnc2cc(F)c(F)cc12. The third-order valence-corrected chi connectivity index (χ3v) is 2.58. The van der Waals surface area contributed by atoms with Gasteiger partial charge in [0, 0.05) is 24.2 Å². The van der Waals surface area contributed by atoms with Gasteiger partial charge in [0.25, 0.3) is 0 Å². The molecular formula is C13H11F2N3. The molecule has 0 aliphatic heterocycles. The first-order valence-electron chi connectivity index (χ1n) is 5.59. The second-order valence-corrected chi connectivity index (χ2v) is 3.87. The van der Waals surface area contributed by atoms with Crippen molar-refractivity contribution in [3.05, 3.63) is 35.5 Å². The average molecular weight is 247 g/mol. The first kappa shape index (κ1) is 12.2. The van der Waals surface area contributed by atoms with Crippen LogP contribution in [0.4, 0.5) is 14.5 Å². The lowest BCUT2D eigenvalue weighted by Crippen LogP contribution is -2.04. The third-order valence-electron chi connectivity index (χ3n) is 2.58. The van der Waals surface area contributed by atoms with Crippen LogP contribution in [0.25, 0.3) is 10.9 Å². The Morgan fingerprint density at radius 1 is 1.33 bits per heavy atom. The van der Waals surface area contributed by atoms with Crippen LogP contribution in [-0.4, -0.2) is 11.5 Å². The van der Waals surface area contributed by atoms with Gasteiger partial charge in [-0.1, -0.05) is 6.92 Å². The smallest absolute Gasteiger partial charge is 0.161 e. The molecule has 0 saturated carbocycles. The summed E-state index contributed by atoms with van der Waals surface area (Å²) < 4.78 is 26.4. The summed E-state index contributed by atoms with van der Waals surface area (Å²) in [6.07, 6.45) is 2.22. The number of aromatic nitrogens is 1. The molecule has 0 radical (unpaired) electrons. The van der Waals surface area contributed by atoms with Crippen LogP contribution < -0.4 is 5.32 Å². The van der Waals surface area contributed by atoms with Gasteiger partial charge in [-0.25, -0.2) is 8.78 Å². The molecule has 0 bridgehead atoms. The fourth-order valence-corrected chi connectivity index (χ4v) is 1.71. The molecule has 0 saturated heterocycles. The zero-order chi connectivity index (χ0) is 13.1. The van der Waals surface area contributed by atoms with E-state index in [0.717, 1.165) is 18.6 Å². The molecule has 0 spiro atoms. The second kappa shape index (κ2) is 4.96. The van der Waals surface area contributed by atoms with Crippen molar-refractivity contribution < 1.29 is 8.78 Å². The number of rotatable bonds is 3. The van der Waals surface area contributed by atoms with E-state index in [4.69, 9.17) is 5.26 Å². The Labute approximate surface area is 103 Å². The molecule has 0 unspecified atom stereocenters. The highest BCUT2D eigenvalue weighted by atomic mass is 19.2. The number of nitrogens with one attached hydrogen (secondary N) is 1. The number of halogens is 2. The Hall–Kier alpha value is -2.22. The summed E-state index contributed by atoms with van der Waals surface area (Å²) in [5, 5.41) is 12.5. The molecule has 0 amide bonds. The molecule has 0 fully saturated rings. The van der Waals surface area contributed by atoms with E-state index in [-0.39, 0.29) is 0 Å². The lowest BCUT2D eigenvalue weighted by atomic mass is 10.1. The molecule has 0 aliphatic rings. The molecule has 18 heavy (non-hydrogen) atoms. The van der Waals surface area contributed by atoms with Crippen LogP contribution in [0.3, 0.4) is 0 Å². The number of hydrogen-bond acceptors (Lipinski definition) is 3. The molecule has 1 aromatic heterocycles. The highest BCUT2D eigenvalue weighted by molar-refractivity contribution is 5.94. The van der Waals surface area contributed by atoms with Gasteiger partial charge in [0.2, 0.25) is 0 Å². The van der Waals surface area contributed by atoms with Crippen molar-refractivity contribution in [3.63, 3.8) is 0 Å². The van der Waals surface area contributed by atoms with Crippen molar-refractivity contribution in [2.45, 2.75) is 13.3 Å². The molecule has 0 aliphatic carbocycles. The fraction of sp³-hybridized carbons (Fsp3) is 0.231. The minimum atomic E-state index is -0.945. The zero-order valence-electron chi connectivity index (χ0n) is 9.80. The van der Waals surface area contributed by atoms with Crippen molar-refractivity contribution >= 4 is 16.6 Å². The van der Waals surface area contributed by atoms with E-state index < -0.39 is 11.6 Å². The average Bonchev–Trinajstić information content (AvgIpc) is 2.37. The molecule has 92 valence electrons. The predicted molar refractivity (Wildman–Crippen MR) is 65.2 cm³/mol. The maximum atomic E-state index is 13.3. The molecular weight excluding hydrogens is 236 g/mol. The number of benzene rings is 1. The van der Waals surface area contributed by atoms with E-state index in [9.17, 15) is 8.78 Å².